The van der Waals surface area contributed by atoms with E-state index in [1.54, 1.807) is 19.2 Å². The van der Waals surface area contributed by atoms with Crippen molar-refractivity contribution in [2.75, 3.05) is 7.05 Å². The molecule has 0 aliphatic carbocycles. The molecule has 0 fully saturated rings. The molecular weight excluding hydrogens is 402 g/mol. The molecule has 0 aliphatic heterocycles. The Kier molecular flexibility index (Phi) is 20.4. The SMILES string of the molecule is CC.CC.CC.CC.CNC(C(=O)O)c1cc(C)c(Oc2cc(C)c(O)c(C)c2)c(C)c1. The summed E-state index contributed by atoms with van der Waals surface area (Å²) in [6.45, 7) is 23.4. The van der Waals surface area contributed by atoms with Gasteiger partial charge in [0.25, 0.3) is 0 Å². The zero-order valence-electron chi connectivity index (χ0n) is 22.6. The van der Waals surface area contributed by atoms with Gasteiger partial charge in [0.2, 0.25) is 0 Å². The summed E-state index contributed by atoms with van der Waals surface area (Å²) in [5.41, 5.74) is 3.89. The van der Waals surface area contributed by atoms with Gasteiger partial charge in [0.05, 0.1) is 0 Å². The van der Waals surface area contributed by atoms with E-state index >= 15 is 0 Å². The van der Waals surface area contributed by atoms with Crippen molar-refractivity contribution in [1.82, 2.24) is 5.32 Å². The highest BCUT2D eigenvalue weighted by atomic mass is 16.5. The summed E-state index contributed by atoms with van der Waals surface area (Å²) in [4.78, 5) is 11.3. The third-order valence-electron chi connectivity index (χ3n) is 4.04. The summed E-state index contributed by atoms with van der Waals surface area (Å²) >= 11 is 0. The Morgan fingerprint density at radius 2 is 1.16 bits per heavy atom. The first kappa shape index (κ1) is 34.1. The van der Waals surface area contributed by atoms with Crippen molar-refractivity contribution in [2.24, 2.45) is 0 Å². The number of carboxylic acids is 1. The molecule has 1 atom stereocenters. The van der Waals surface area contributed by atoms with Gasteiger partial charge in [-0.1, -0.05) is 67.5 Å². The van der Waals surface area contributed by atoms with Crippen molar-refractivity contribution in [3.8, 4) is 17.2 Å². The summed E-state index contributed by atoms with van der Waals surface area (Å²) in [6.07, 6.45) is 0. The molecule has 2 rings (SSSR count). The van der Waals surface area contributed by atoms with E-state index in [0.29, 0.717) is 17.1 Å². The molecule has 0 heterocycles. The van der Waals surface area contributed by atoms with Crippen molar-refractivity contribution < 1.29 is 19.7 Å². The Balaban J connectivity index is -0.000000945. The summed E-state index contributed by atoms with van der Waals surface area (Å²) in [7, 11) is 1.62. The Morgan fingerprint density at radius 3 is 1.47 bits per heavy atom. The molecule has 0 bridgehead atoms. The van der Waals surface area contributed by atoms with Crippen molar-refractivity contribution in [3.05, 3.63) is 52.1 Å². The molecule has 2 aromatic rings. The Labute approximate surface area is 196 Å². The summed E-state index contributed by atoms with van der Waals surface area (Å²) in [6, 6.07) is 6.44. The molecule has 1 unspecified atom stereocenters. The molecule has 5 nitrogen and oxygen atoms in total. The first-order valence-electron chi connectivity index (χ1n) is 11.7. The van der Waals surface area contributed by atoms with E-state index in [0.717, 1.165) is 22.3 Å². The number of aliphatic carboxylic acids is 1. The molecule has 0 aliphatic rings. The van der Waals surface area contributed by atoms with Crippen molar-refractivity contribution in [3.63, 3.8) is 0 Å². The van der Waals surface area contributed by atoms with Gasteiger partial charge in [-0.25, -0.2) is 0 Å². The number of carbonyl (C=O) groups is 1. The van der Waals surface area contributed by atoms with E-state index in [1.165, 1.54) is 0 Å². The summed E-state index contributed by atoms with van der Waals surface area (Å²) in [5, 5.41) is 21.9. The molecule has 2 aromatic carbocycles. The number of aryl methyl sites for hydroxylation is 4. The number of rotatable bonds is 5. The average molecular weight is 450 g/mol. The fourth-order valence-corrected chi connectivity index (χ4v) is 2.84. The van der Waals surface area contributed by atoms with Crippen LogP contribution in [-0.2, 0) is 4.79 Å². The van der Waals surface area contributed by atoms with Crippen LogP contribution in [0.2, 0.25) is 0 Å². The van der Waals surface area contributed by atoms with Crippen LogP contribution in [0, 0.1) is 27.7 Å². The molecule has 32 heavy (non-hydrogen) atoms. The van der Waals surface area contributed by atoms with Crippen molar-refractivity contribution in [1.29, 1.82) is 0 Å². The van der Waals surface area contributed by atoms with Crippen LogP contribution in [0.3, 0.4) is 0 Å². The van der Waals surface area contributed by atoms with Gasteiger partial charge >= 0.3 is 5.97 Å². The Hall–Kier alpha value is -2.53. The number of aromatic hydroxyl groups is 1. The number of likely N-dealkylation sites (N-methyl/N-ethyl adjacent to an activating group) is 1. The number of phenolic OH excluding ortho intramolecular Hbond substituents is 1. The number of nitrogens with one attached hydrogen (secondary N) is 1. The van der Waals surface area contributed by atoms with E-state index < -0.39 is 12.0 Å². The minimum absolute atomic E-state index is 0.268. The van der Waals surface area contributed by atoms with Crippen LogP contribution in [0.25, 0.3) is 0 Å². The number of phenols is 1. The van der Waals surface area contributed by atoms with Gasteiger partial charge in [-0.2, -0.15) is 0 Å². The maximum atomic E-state index is 11.3. The summed E-state index contributed by atoms with van der Waals surface area (Å²) in [5.74, 6) is 0.688. The van der Waals surface area contributed by atoms with Gasteiger partial charge in [-0.05, 0) is 74.7 Å². The quantitative estimate of drug-likeness (QED) is 0.433. The van der Waals surface area contributed by atoms with Crippen LogP contribution < -0.4 is 10.1 Å². The maximum absolute atomic E-state index is 11.3. The molecule has 0 spiro atoms. The van der Waals surface area contributed by atoms with E-state index in [9.17, 15) is 15.0 Å². The van der Waals surface area contributed by atoms with Crippen LogP contribution in [0.15, 0.2) is 24.3 Å². The smallest absolute Gasteiger partial charge is 0.325 e. The molecule has 184 valence electrons. The third-order valence-corrected chi connectivity index (χ3v) is 4.04. The van der Waals surface area contributed by atoms with Gasteiger partial charge in [-0.3, -0.25) is 4.79 Å². The van der Waals surface area contributed by atoms with Gasteiger partial charge in [0.1, 0.15) is 23.3 Å². The standard InChI is InChI=1S/C19H23NO4.4C2H6/c1-10-8-15(9-11(2)17(10)21)24-18-12(3)6-14(7-13(18)4)16(20-5)19(22)23;4*1-2/h6-9,16,20-21H,1-5H3,(H,22,23);4*1-2H3. The van der Waals surface area contributed by atoms with Gasteiger partial charge < -0.3 is 20.3 Å². The number of hydrogen-bond donors (Lipinski definition) is 3. The minimum Gasteiger partial charge on any atom is -0.507 e. The summed E-state index contributed by atoms with van der Waals surface area (Å²) < 4.78 is 6.01. The van der Waals surface area contributed by atoms with Crippen LogP contribution >= 0.6 is 0 Å². The van der Waals surface area contributed by atoms with E-state index in [2.05, 4.69) is 5.32 Å². The zero-order valence-corrected chi connectivity index (χ0v) is 22.6. The number of hydrogen-bond acceptors (Lipinski definition) is 4. The molecular formula is C27H47NO4. The Morgan fingerprint density at radius 1 is 0.781 bits per heavy atom. The minimum atomic E-state index is -0.922. The second-order valence-corrected chi connectivity index (χ2v) is 6.05. The van der Waals surface area contributed by atoms with Crippen LogP contribution in [0.1, 0.15) is 89.2 Å². The molecule has 0 amide bonds. The van der Waals surface area contributed by atoms with E-state index in [1.807, 2.05) is 95.2 Å². The number of benzene rings is 2. The molecule has 0 saturated carbocycles. The lowest BCUT2D eigenvalue weighted by Gasteiger charge is -2.18. The predicted molar refractivity (Wildman–Crippen MR) is 138 cm³/mol. The van der Waals surface area contributed by atoms with Crippen LogP contribution in [0.5, 0.6) is 17.2 Å². The first-order chi connectivity index (χ1) is 15.2. The van der Waals surface area contributed by atoms with Gasteiger partial charge in [0.15, 0.2) is 0 Å². The van der Waals surface area contributed by atoms with Crippen LogP contribution in [-0.4, -0.2) is 23.2 Å². The van der Waals surface area contributed by atoms with Crippen molar-refractivity contribution in [2.45, 2.75) is 89.1 Å². The number of carboxylic acid groups (broad SMARTS) is 1. The molecule has 3 N–H and O–H groups in total. The monoisotopic (exact) mass is 449 g/mol. The van der Waals surface area contributed by atoms with Gasteiger partial charge in [0, 0.05) is 0 Å². The molecule has 0 radical (unpaired) electrons. The fraction of sp³-hybridized carbons (Fsp3) is 0.519. The van der Waals surface area contributed by atoms with Gasteiger partial charge in [-0.15, -0.1) is 0 Å². The lowest BCUT2D eigenvalue weighted by atomic mass is 10.00. The van der Waals surface area contributed by atoms with Crippen LogP contribution in [0.4, 0.5) is 0 Å². The Bertz CT molecular complexity index is 739. The second kappa shape index (κ2) is 19.2. The first-order valence-corrected chi connectivity index (χ1v) is 11.7. The lowest BCUT2D eigenvalue weighted by Crippen LogP contribution is -2.25. The van der Waals surface area contributed by atoms with Crippen molar-refractivity contribution >= 4 is 5.97 Å². The van der Waals surface area contributed by atoms with E-state index in [4.69, 9.17) is 4.74 Å². The molecule has 0 saturated heterocycles. The lowest BCUT2D eigenvalue weighted by molar-refractivity contribution is -0.139. The average Bonchev–Trinajstić information content (AvgIpc) is 2.80. The normalized spacial score (nSPS) is 9.78. The topological polar surface area (TPSA) is 78.8 Å². The second-order valence-electron chi connectivity index (χ2n) is 6.05. The highest BCUT2D eigenvalue weighted by Crippen LogP contribution is 2.34. The number of ether oxygens (including phenoxy) is 1. The predicted octanol–water partition coefficient (Wildman–Crippen LogP) is 7.87. The third kappa shape index (κ3) is 10.2. The maximum Gasteiger partial charge on any atom is 0.325 e. The molecule has 5 heteroatoms. The zero-order chi connectivity index (χ0) is 26.0. The highest BCUT2D eigenvalue weighted by Gasteiger charge is 2.20. The largest absolute Gasteiger partial charge is 0.507 e. The highest BCUT2D eigenvalue weighted by molar-refractivity contribution is 5.76. The fourth-order valence-electron chi connectivity index (χ4n) is 2.84. The van der Waals surface area contributed by atoms with E-state index in [-0.39, 0.29) is 5.75 Å². The molecule has 0 aromatic heterocycles.